The van der Waals surface area contributed by atoms with Crippen molar-refractivity contribution in [1.82, 2.24) is 0 Å². The molecule has 2 aromatic rings. The van der Waals surface area contributed by atoms with E-state index >= 15 is 0 Å². The molecule has 0 spiro atoms. The summed E-state index contributed by atoms with van der Waals surface area (Å²) in [5.41, 5.74) is 16.9. The first-order valence-electron chi connectivity index (χ1n) is 6.41. The minimum absolute atomic E-state index is 0.180. The van der Waals surface area contributed by atoms with Crippen molar-refractivity contribution in [2.75, 3.05) is 0 Å². The van der Waals surface area contributed by atoms with Crippen LogP contribution in [0.15, 0.2) is 52.4 Å². The Morgan fingerprint density at radius 1 is 0.957 bits per heavy atom. The van der Waals surface area contributed by atoms with Crippen molar-refractivity contribution in [3.63, 3.8) is 0 Å². The Morgan fingerprint density at radius 3 is 2.30 bits per heavy atom. The van der Waals surface area contributed by atoms with E-state index in [1.807, 2.05) is 0 Å². The van der Waals surface area contributed by atoms with E-state index in [4.69, 9.17) is 40.4 Å². The largest absolute Gasteiger partial charge is 0.370 e. The fraction of sp³-hybridized carbons (Fsp3) is 0. The molecule has 6 N–H and O–H groups in total. The lowest BCUT2D eigenvalue weighted by Crippen LogP contribution is -2.26. The lowest BCUT2D eigenvalue weighted by atomic mass is 10.0. The highest BCUT2D eigenvalue weighted by atomic mass is 35.5. The Labute approximate surface area is 142 Å². The molecule has 0 radical (unpaired) electrons. The van der Waals surface area contributed by atoms with E-state index in [9.17, 15) is 4.79 Å². The van der Waals surface area contributed by atoms with Crippen LogP contribution in [-0.2, 0) is 0 Å². The molecule has 0 heterocycles. The lowest BCUT2D eigenvalue weighted by molar-refractivity contribution is 0.103. The fourth-order valence-corrected chi connectivity index (χ4v) is 2.25. The smallest absolute Gasteiger partial charge is 0.223 e. The van der Waals surface area contributed by atoms with Crippen LogP contribution in [0.1, 0.15) is 15.9 Å². The third-order valence-electron chi connectivity index (χ3n) is 2.80. The zero-order valence-electron chi connectivity index (χ0n) is 11.8. The Bertz CT molecular complexity index is 813. The van der Waals surface area contributed by atoms with Crippen molar-refractivity contribution in [3.8, 4) is 0 Å². The summed E-state index contributed by atoms with van der Waals surface area (Å²) in [6.45, 7) is 0. The molecular weight excluding hydrogens is 337 g/mol. The number of halogens is 2. The van der Waals surface area contributed by atoms with Gasteiger partial charge in [0, 0.05) is 16.1 Å². The van der Waals surface area contributed by atoms with Gasteiger partial charge in [0.15, 0.2) is 11.7 Å². The quantitative estimate of drug-likeness (QED) is 0.447. The first-order chi connectivity index (χ1) is 10.9. The van der Waals surface area contributed by atoms with Crippen LogP contribution >= 0.6 is 23.2 Å². The average molecular weight is 350 g/mol. The van der Waals surface area contributed by atoms with Crippen molar-refractivity contribution in [2.24, 2.45) is 27.2 Å². The van der Waals surface area contributed by atoms with E-state index in [1.165, 1.54) is 6.07 Å². The molecule has 2 rings (SSSR count). The van der Waals surface area contributed by atoms with Gasteiger partial charge in [-0.05, 0) is 30.3 Å². The highest BCUT2D eigenvalue weighted by molar-refractivity contribution is 6.35. The Morgan fingerprint density at radius 2 is 1.65 bits per heavy atom. The van der Waals surface area contributed by atoms with Gasteiger partial charge in [0.1, 0.15) is 0 Å². The van der Waals surface area contributed by atoms with Gasteiger partial charge in [-0.25, -0.2) is 4.99 Å². The molecule has 8 heteroatoms. The highest BCUT2D eigenvalue weighted by Gasteiger charge is 2.17. The zero-order chi connectivity index (χ0) is 17.0. The van der Waals surface area contributed by atoms with Crippen molar-refractivity contribution in [2.45, 2.75) is 0 Å². The summed E-state index contributed by atoms with van der Waals surface area (Å²) in [5.74, 6) is -0.755. The number of nitrogens with two attached hydrogens (primary N) is 3. The predicted molar refractivity (Wildman–Crippen MR) is 93.4 cm³/mol. The number of guanidine groups is 2. The molecular formula is C15H13Cl2N5O. The molecule has 0 aliphatic carbocycles. The number of aliphatic imine (C=N–C) groups is 2. The van der Waals surface area contributed by atoms with Crippen LogP contribution in [0, 0.1) is 0 Å². The Hall–Kier alpha value is -2.57. The standard InChI is InChI=1S/C15H13Cl2N5O/c16-8-5-6-12(21-15(20)22-14(18)19)10(7-8)13(23)9-3-1-2-4-11(9)17/h1-7H,(H6,18,19,20,21,22). The van der Waals surface area contributed by atoms with Gasteiger partial charge in [-0.15, -0.1) is 0 Å². The SMILES string of the molecule is NC(N)=NC(N)=Nc1ccc(Cl)cc1C(=O)c1ccccc1Cl. The van der Waals surface area contributed by atoms with Crippen LogP contribution in [0.4, 0.5) is 5.69 Å². The van der Waals surface area contributed by atoms with E-state index < -0.39 is 0 Å². The van der Waals surface area contributed by atoms with Crippen molar-refractivity contribution >= 4 is 46.6 Å². The molecule has 0 aliphatic rings. The summed E-state index contributed by atoms with van der Waals surface area (Å²) >= 11 is 12.0. The number of hydrogen-bond acceptors (Lipinski definition) is 2. The highest BCUT2D eigenvalue weighted by Crippen LogP contribution is 2.28. The molecule has 118 valence electrons. The Kier molecular flexibility index (Phi) is 5.20. The molecule has 0 unspecified atom stereocenters. The molecule has 0 saturated carbocycles. The lowest BCUT2D eigenvalue weighted by Gasteiger charge is -2.07. The van der Waals surface area contributed by atoms with Crippen molar-refractivity contribution in [3.05, 3.63) is 63.6 Å². The second-order valence-corrected chi connectivity index (χ2v) is 5.32. The van der Waals surface area contributed by atoms with Gasteiger partial charge in [-0.2, -0.15) is 4.99 Å². The summed E-state index contributed by atoms with van der Waals surface area (Å²) in [4.78, 5) is 20.4. The van der Waals surface area contributed by atoms with E-state index in [0.717, 1.165) is 0 Å². The fourth-order valence-electron chi connectivity index (χ4n) is 1.86. The van der Waals surface area contributed by atoms with Crippen LogP contribution in [0.3, 0.4) is 0 Å². The third-order valence-corrected chi connectivity index (χ3v) is 3.37. The van der Waals surface area contributed by atoms with E-state index in [-0.39, 0.29) is 29.0 Å². The van der Waals surface area contributed by atoms with Gasteiger partial charge in [0.25, 0.3) is 0 Å². The van der Waals surface area contributed by atoms with Crippen LogP contribution in [-0.4, -0.2) is 17.7 Å². The first-order valence-corrected chi connectivity index (χ1v) is 7.16. The van der Waals surface area contributed by atoms with Crippen LogP contribution in [0.25, 0.3) is 0 Å². The normalized spacial score (nSPS) is 11.1. The number of benzene rings is 2. The summed E-state index contributed by atoms with van der Waals surface area (Å²) in [7, 11) is 0. The minimum Gasteiger partial charge on any atom is -0.370 e. The number of ketones is 1. The molecule has 0 atom stereocenters. The summed E-state index contributed by atoms with van der Waals surface area (Å²) in [6, 6.07) is 11.3. The molecule has 2 aromatic carbocycles. The van der Waals surface area contributed by atoms with Crippen LogP contribution < -0.4 is 17.2 Å². The number of carbonyl (C=O) groups is 1. The molecule has 0 aromatic heterocycles. The maximum Gasteiger partial charge on any atom is 0.223 e. The molecule has 0 saturated heterocycles. The number of hydrogen-bond donors (Lipinski definition) is 3. The molecule has 0 amide bonds. The molecule has 0 bridgehead atoms. The van der Waals surface area contributed by atoms with Crippen LogP contribution in [0.2, 0.25) is 10.0 Å². The van der Waals surface area contributed by atoms with Gasteiger partial charge in [0.2, 0.25) is 5.96 Å². The second kappa shape index (κ2) is 7.13. The minimum atomic E-state index is -0.339. The first kappa shape index (κ1) is 16.8. The summed E-state index contributed by atoms with van der Waals surface area (Å²) in [5, 5.41) is 0.698. The second-order valence-electron chi connectivity index (χ2n) is 4.48. The van der Waals surface area contributed by atoms with Crippen molar-refractivity contribution in [1.29, 1.82) is 0 Å². The van der Waals surface area contributed by atoms with Crippen molar-refractivity contribution < 1.29 is 4.79 Å². The van der Waals surface area contributed by atoms with Gasteiger partial charge < -0.3 is 17.2 Å². The number of carbonyl (C=O) groups excluding carboxylic acids is 1. The summed E-state index contributed by atoms with van der Waals surface area (Å²) in [6.07, 6.45) is 0. The number of nitrogens with zero attached hydrogens (tertiary/aromatic N) is 2. The number of rotatable bonds is 3. The molecule has 0 aliphatic heterocycles. The van der Waals surface area contributed by atoms with Crippen LogP contribution in [0.5, 0.6) is 0 Å². The molecule has 6 nitrogen and oxygen atoms in total. The van der Waals surface area contributed by atoms with Gasteiger partial charge in [-0.1, -0.05) is 35.3 Å². The molecule has 23 heavy (non-hydrogen) atoms. The van der Waals surface area contributed by atoms with E-state index in [2.05, 4.69) is 9.98 Å². The van der Waals surface area contributed by atoms with Gasteiger partial charge in [0.05, 0.1) is 10.7 Å². The average Bonchev–Trinajstić information content (AvgIpc) is 2.48. The zero-order valence-corrected chi connectivity index (χ0v) is 13.3. The topological polar surface area (TPSA) is 120 Å². The third kappa shape index (κ3) is 4.21. The van der Waals surface area contributed by atoms with E-state index in [0.29, 0.717) is 15.6 Å². The predicted octanol–water partition coefficient (Wildman–Crippen LogP) is 2.44. The molecule has 0 fully saturated rings. The Balaban J connectivity index is 2.54. The monoisotopic (exact) mass is 349 g/mol. The maximum absolute atomic E-state index is 12.7. The van der Waals surface area contributed by atoms with E-state index in [1.54, 1.807) is 36.4 Å². The van der Waals surface area contributed by atoms with Gasteiger partial charge in [-0.3, -0.25) is 4.79 Å². The van der Waals surface area contributed by atoms with Gasteiger partial charge >= 0.3 is 0 Å². The maximum atomic E-state index is 12.7. The summed E-state index contributed by atoms with van der Waals surface area (Å²) < 4.78 is 0.